The number of carbonyl (C=O) groups excluding carboxylic acids is 2. The van der Waals surface area contributed by atoms with Gasteiger partial charge in [-0.05, 0) is 26.0 Å². The Hall–Kier alpha value is -1.75. The molecule has 0 bridgehead atoms. The van der Waals surface area contributed by atoms with Gasteiger partial charge in [0.2, 0.25) is 5.91 Å². The van der Waals surface area contributed by atoms with Crippen LogP contribution in [0.15, 0.2) is 24.5 Å². The number of hydrogen-bond donors (Lipinski definition) is 0. The third kappa shape index (κ3) is 3.42. The lowest BCUT2D eigenvalue weighted by Gasteiger charge is -2.42. The van der Waals surface area contributed by atoms with Gasteiger partial charge in [0.05, 0.1) is 18.8 Å². The minimum atomic E-state index is -0.299. The molecule has 1 fully saturated rings. The molecule has 0 atom stereocenters. The fourth-order valence-corrected chi connectivity index (χ4v) is 2.35. The number of carbonyl (C=O) groups is 2. The number of nitrogens with zero attached hydrogens (tertiary/aromatic N) is 2. The largest absolute Gasteiger partial charge is 0.377 e. The van der Waals surface area contributed by atoms with Gasteiger partial charge in [-0.3, -0.25) is 14.6 Å². The molecule has 2 heterocycles. The minimum Gasteiger partial charge on any atom is -0.377 e. The zero-order valence-corrected chi connectivity index (χ0v) is 12.0. The number of hydrogen-bond acceptors (Lipinski definition) is 4. The summed E-state index contributed by atoms with van der Waals surface area (Å²) in [5.74, 6) is -0.0342. The van der Waals surface area contributed by atoms with Crippen LogP contribution in [0, 0.1) is 0 Å². The van der Waals surface area contributed by atoms with Crippen LogP contribution in [0.3, 0.4) is 0 Å². The molecule has 0 aliphatic carbocycles. The average molecular weight is 276 g/mol. The topological polar surface area (TPSA) is 59.5 Å². The van der Waals surface area contributed by atoms with E-state index in [-0.39, 0.29) is 30.1 Å². The SMILES string of the molecule is CC1(C)COCCN1C(=O)CCC(=O)c1cccnc1. The highest BCUT2D eigenvalue weighted by Crippen LogP contribution is 2.20. The van der Waals surface area contributed by atoms with Crippen LogP contribution < -0.4 is 0 Å². The van der Waals surface area contributed by atoms with Crippen LogP contribution in [0.1, 0.15) is 37.0 Å². The first-order valence-corrected chi connectivity index (χ1v) is 6.82. The fraction of sp³-hybridized carbons (Fsp3) is 0.533. The molecule has 0 N–H and O–H groups in total. The first-order valence-electron chi connectivity index (χ1n) is 6.82. The Morgan fingerprint density at radius 1 is 1.40 bits per heavy atom. The molecule has 0 radical (unpaired) electrons. The van der Waals surface area contributed by atoms with E-state index in [1.165, 1.54) is 6.20 Å². The summed E-state index contributed by atoms with van der Waals surface area (Å²) >= 11 is 0. The van der Waals surface area contributed by atoms with Crippen molar-refractivity contribution in [1.29, 1.82) is 0 Å². The molecule has 5 nitrogen and oxygen atoms in total. The maximum Gasteiger partial charge on any atom is 0.223 e. The van der Waals surface area contributed by atoms with Gasteiger partial charge >= 0.3 is 0 Å². The van der Waals surface area contributed by atoms with Crippen LogP contribution in [0.2, 0.25) is 0 Å². The summed E-state index contributed by atoms with van der Waals surface area (Å²) in [5.41, 5.74) is 0.258. The number of aromatic nitrogens is 1. The summed E-state index contributed by atoms with van der Waals surface area (Å²) in [6, 6.07) is 3.44. The van der Waals surface area contributed by atoms with E-state index < -0.39 is 0 Å². The predicted molar refractivity (Wildman–Crippen MR) is 74.4 cm³/mol. The zero-order chi connectivity index (χ0) is 14.6. The second kappa shape index (κ2) is 6.13. The molecule has 1 aliphatic heterocycles. The van der Waals surface area contributed by atoms with Crippen molar-refractivity contribution in [2.24, 2.45) is 0 Å². The molecule has 1 aromatic heterocycles. The molecular weight excluding hydrogens is 256 g/mol. The fourth-order valence-electron chi connectivity index (χ4n) is 2.35. The van der Waals surface area contributed by atoms with Gasteiger partial charge in [0.15, 0.2) is 5.78 Å². The molecule has 20 heavy (non-hydrogen) atoms. The molecule has 1 saturated heterocycles. The van der Waals surface area contributed by atoms with E-state index in [9.17, 15) is 9.59 Å². The summed E-state index contributed by atoms with van der Waals surface area (Å²) in [6.45, 7) is 5.65. The molecule has 2 rings (SSSR count). The van der Waals surface area contributed by atoms with Crippen LogP contribution in [0.25, 0.3) is 0 Å². The average Bonchev–Trinajstić information content (AvgIpc) is 2.45. The molecule has 0 saturated carbocycles. The molecule has 1 aliphatic rings. The summed E-state index contributed by atoms with van der Waals surface area (Å²) in [6.07, 6.45) is 3.61. The lowest BCUT2D eigenvalue weighted by Crippen LogP contribution is -2.55. The second-order valence-corrected chi connectivity index (χ2v) is 5.58. The minimum absolute atomic E-state index is 0.00976. The standard InChI is InChI=1S/C15H20N2O3/c1-15(2)11-20-9-8-17(15)14(19)6-5-13(18)12-4-3-7-16-10-12/h3-4,7,10H,5-6,8-9,11H2,1-2H3. The van der Waals surface area contributed by atoms with Crippen molar-refractivity contribution < 1.29 is 14.3 Å². The van der Waals surface area contributed by atoms with Crippen molar-refractivity contribution in [3.8, 4) is 0 Å². The molecule has 5 heteroatoms. The van der Waals surface area contributed by atoms with E-state index in [0.29, 0.717) is 25.3 Å². The van der Waals surface area contributed by atoms with Crippen LogP contribution in [-0.2, 0) is 9.53 Å². The molecule has 0 spiro atoms. The number of pyridine rings is 1. The molecular formula is C15H20N2O3. The maximum absolute atomic E-state index is 12.3. The van der Waals surface area contributed by atoms with Gasteiger partial charge in [-0.25, -0.2) is 0 Å². The van der Waals surface area contributed by atoms with E-state index in [1.807, 2.05) is 18.7 Å². The Balaban J connectivity index is 1.90. The monoisotopic (exact) mass is 276 g/mol. The number of Topliss-reactive ketones (excluding diaryl/α,β-unsaturated/α-hetero) is 1. The third-order valence-corrected chi connectivity index (χ3v) is 3.50. The van der Waals surface area contributed by atoms with E-state index >= 15 is 0 Å². The van der Waals surface area contributed by atoms with Gasteiger partial charge in [0.1, 0.15) is 0 Å². The molecule has 0 aromatic carbocycles. The first kappa shape index (κ1) is 14.7. The second-order valence-electron chi connectivity index (χ2n) is 5.58. The van der Waals surface area contributed by atoms with Gasteiger partial charge in [0.25, 0.3) is 0 Å². The molecule has 1 aromatic rings. The van der Waals surface area contributed by atoms with E-state index in [1.54, 1.807) is 18.3 Å². The highest BCUT2D eigenvalue weighted by Gasteiger charge is 2.33. The molecule has 1 amide bonds. The lowest BCUT2D eigenvalue weighted by molar-refractivity contribution is -0.146. The first-order chi connectivity index (χ1) is 9.50. The Morgan fingerprint density at radius 2 is 2.20 bits per heavy atom. The summed E-state index contributed by atoms with van der Waals surface area (Å²) in [4.78, 5) is 29.9. The summed E-state index contributed by atoms with van der Waals surface area (Å²) in [5, 5.41) is 0. The molecule has 108 valence electrons. The van der Waals surface area contributed by atoms with Crippen molar-refractivity contribution in [2.45, 2.75) is 32.2 Å². The van der Waals surface area contributed by atoms with Gasteiger partial charge in [-0.1, -0.05) is 0 Å². The van der Waals surface area contributed by atoms with Crippen molar-refractivity contribution in [2.75, 3.05) is 19.8 Å². The summed E-state index contributed by atoms with van der Waals surface area (Å²) < 4.78 is 5.39. The van der Waals surface area contributed by atoms with Crippen molar-refractivity contribution in [3.05, 3.63) is 30.1 Å². The number of morpholine rings is 1. The van der Waals surface area contributed by atoms with Crippen molar-refractivity contribution in [3.63, 3.8) is 0 Å². The van der Waals surface area contributed by atoms with Crippen molar-refractivity contribution >= 4 is 11.7 Å². The number of ether oxygens (including phenoxy) is 1. The van der Waals surface area contributed by atoms with Crippen molar-refractivity contribution in [1.82, 2.24) is 9.88 Å². The Bertz CT molecular complexity index is 485. The Morgan fingerprint density at radius 3 is 2.85 bits per heavy atom. The number of rotatable bonds is 4. The highest BCUT2D eigenvalue weighted by molar-refractivity contribution is 5.97. The van der Waals surface area contributed by atoms with Gasteiger partial charge in [-0.15, -0.1) is 0 Å². The Labute approximate surface area is 118 Å². The number of amides is 1. The van der Waals surface area contributed by atoms with E-state index in [2.05, 4.69) is 4.98 Å². The van der Waals surface area contributed by atoms with E-state index in [0.717, 1.165) is 0 Å². The van der Waals surface area contributed by atoms with Gasteiger partial charge in [-0.2, -0.15) is 0 Å². The Kier molecular flexibility index (Phi) is 4.49. The smallest absolute Gasteiger partial charge is 0.223 e. The normalized spacial score (nSPS) is 17.8. The van der Waals surface area contributed by atoms with Crippen LogP contribution in [0.4, 0.5) is 0 Å². The van der Waals surface area contributed by atoms with E-state index in [4.69, 9.17) is 4.74 Å². The van der Waals surface area contributed by atoms with Crippen LogP contribution in [-0.4, -0.2) is 46.9 Å². The quantitative estimate of drug-likeness (QED) is 0.785. The van der Waals surface area contributed by atoms with Gasteiger partial charge in [0, 0.05) is 37.3 Å². The number of ketones is 1. The maximum atomic E-state index is 12.3. The van der Waals surface area contributed by atoms with Gasteiger partial charge < -0.3 is 9.64 Å². The third-order valence-electron chi connectivity index (χ3n) is 3.50. The zero-order valence-electron chi connectivity index (χ0n) is 12.0. The summed E-state index contributed by atoms with van der Waals surface area (Å²) in [7, 11) is 0. The predicted octanol–water partition coefficient (Wildman–Crippen LogP) is 1.68. The lowest BCUT2D eigenvalue weighted by atomic mass is 10.0. The van der Waals surface area contributed by atoms with Crippen LogP contribution >= 0.6 is 0 Å². The van der Waals surface area contributed by atoms with Crippen LogP contribution in [0.5, 0.6) is 0 Å². The highest BCUT2D eigenvalue weighted by atomic mass is 16.5. The molecule has 0 unspecified atom stereocenters.